The van der Waals surface area contributed by atoms with Crippen molar-refractivity contribution in [2.45, 2.75) is 19.3 Å². The first-order valence-corrected chi connectivity index (χ1v) is 10.0. The lowest BCUT2D eigenvalue weighted by Gasteiger charge is -2.25. The summed E-state index contributed by atoms with van der Waals surface area (Å²) >= 11 is 7.09. The molecule has 0 spiro atoms. The molecule has 5 nitrogen and oxygen atoms in total. The maximum absolute atomic E-state index is 12.2. The molecule has 142 valence electrons. The molecule has 0 radical (unpaired) electrons. The van der Waals surface area contributed by atoms with Gasteiger partial charge >= 0.3 is 0 Å². The molecule has 0 aliphatic carbocycles. The second-order valence-electron chi connectivity index (χ2n) is 6.41. The Balaban J connectivity index is 1.73. The maximum atomic E-state index is 12.2. The highest BCUT2D eigenvalue weighted by atomic mass is 35.5. The van der Waals surface area contributed by atoms with E-state index >= 15 is 0 Å². The van der Waals surface area contributed by atoms with Gasteiger partial charge in [0, 0.05) is 23.0 Å². The van der Waals surface area contributed by atoms with E-state index in [0.717, 1.165) is 22.9 Å². The summed E-state index contributed by atoms with van der Waals surface area (Å²) in [6.07, 6.45) is 0.185. The Hall–Kier alpha value is -2.75. The molecule has 3 rings (SSSR count). The first-order valence-electron chi connectivity index (χ1n) is 8.65. The van der Waals surface area contributed by atoms with Gasteiger partial charge in [-0.05, 0) is 36.8 Å². The van der Waals surface area contributed by atoms with Crippen LogP contribution in [0.5, 0.6) is 0 Å². The van der Waals surface area contributed by atoms with Gasteiger partial charge < -0.3 is 10.6 Å². The van der Waals surface area contributed by atoms with E-state index in [0.29, 0.717) is 21.3 Å². The molecule has 0 saturated carbocycles. The monoisotopic (exact) mass is 411 g/mol. The SMILES string of the molecule is Cc1ccc(NC(=O)CSC2=C(C#N)[C@@H](c3ccc(Cl)cc3)CC(=O)N2)cc1. The first kappa shape index (κ1) is 20.0. The van der Waals surface area contributed by atoms with Gasteiger partial charge in [-0.3, -0.25) is 9.59 Å². The minimum absolute atomic E-state index is 0.0853. The predicted octanol–water partition coefficient (Wildman–Crippen LogP) is 4.36. The number of anilines is 1. The zero-order valence-corrected chi connectivity index (χ0v) is 16.7. The summed E-state index contributed by atoms with van der Waals surface area (Å²) in [6, 6.07) is 16.8. The van der Waals surface area contributed by atoms with Crippen LogP contribution in [0.3, 0.4) is 0 Å². The summed E-state index contributed by atoms with van der Waals surface area (Å²) in [5.41, 5.74) is 3.11. The van der Waals surface area contributed by atoms with Crippen LogP contribution in [-0.4, -0.2) is 17.6 Å². The van der Waals surface area contributed by atoms with Crippen molar-refractivity contribution in [3.63, 3.8) is 0 Å². The molecule has 1 heterocycles. The van der Waals surface area contributed by atoms with Crippen LogP contribution in [-0.2, 0) is 9.59 Å². The van der Waals surface area contributed by atoms with Crippen LogP contribution in [0.1, 0.15) is 23.5 Å². The van der Waals surface area contributed by atoms with E-state index in [1.807, 2.05) is 43.3 Å². The number of hydrogen-bond acceptors (Lipinski definition) is 4. The Labute approximate surface area is 172 Å². The third-order valence-electron chi connectivity index (χ3n) is 4.31. The first-order chi connectivity index (χ1) is 13.5. The van der Waals surface area contributed by atoms with Crippen molar-refractivity contribution in [1.82, 2.24) is 5.32 Å². The minimum Gasteiger partial charge on any atom is -0.325 e. The van der Waals surface area contributed by atoms with Crippen molar-refractivity contribution in [1.29, 1.82) is 5.26 Å². The third kappa shape index (κ3) is 4.94. The van der Waals surface area contributed by atoms with Gasteiger partial charge in [-0.25, -0.2) is 0 Å². The van der Waals surface area contributed by atoms with Crippen molar-refractivity contribution < 1.29 is 9.59 Å². The van der Waals surface area contributed by atoms with Gasteiger partial charge in [0.1, 0.15) is 0 Å². The smallest absolute Gasteiger partial charge is 0.234 e. The van der Waals surface area contributed by atoms with Crippen LogP contribution < -0.4 is 10.6 Å². The molecular formula is C21H18ClN3O2S. The number of benzene rings is 2. The van der Waals surface area contributed by atoms with Crippen LogP contribution in [0.2, 0.25) is 5.02 Å². The predicted molar refractivity (Wildman–Crippen MR) is 112 cm³/mol. The molecule has 2 amide bonds. The summed E-state index contributed by atoms with van der Waals surface area (Å²) in [6.45, 7) is 1.97. The van der Waals surface area contributed by atoms with Gasteiger partial charge in [0.05, 0.1) is 22.4 Å². The lowest BCUT2D eigenvalue weighted by Crippen LogP contribution is -2.31. The highest BCUT2D eigenvalue weighted by Gasteiger charge is 2.29. The Morgan fingerprint density at radius 1 is 1.25 bits per heavy atom. The molecule has 0 saturated heterocycles. The number of halogens is 1. The van der Waals surface area contributed by atoms with E-state index in [1.54, 1.807) is 12.1 Å². The maximum Gasteiger partial charge on any atom is 0.234 e. The summed E-state index contributed by atoms with van der Waals surface area (Å²) in [5.74, 6) is -0.650. The second-order valence-corrected chi connectivity index (χ2v) is 7.84. The fourth-order valence-corrected chi connectivity index (χ4v) is 3.89. The zero-order valence-electron chi connectivity index (χ0n) is 15.2. The van der Waals surface area contributed by atoms with Crippen LogP contribution in [0.25, 0.3) is 0 Å². The van der Waals surface area contributed by atoms with Crippen LogP contribution in [0.15, 0.2) is 59.1 Å². The average Bonchev–Trinajstić information content (AvgIpc) is 2.68. The fraction of sp³-hybridized carbons (Fsp3) is 0.190. The molecule has 2 aromatic rings. The molecule has 0 aromatic heterocycles. The third-order valence-corrected chi connectivity index (χ3v) is 5.58. The normalized spacial score (nSPS) is 16.3. The lowest BCUT2D eigenvalue weighted by molar-refractivity contribution is -0.121. The average molecular weight is 412 g/mol. The van der Waals surface area contributed by atoms with E-state index < -0.39 is 0 Å². The number of carbonyl (C=O) groups is 2. The van der Waals surface area contributed by atoms with E-state index in [4.69, 9.17) is 11.6 Å². The molecule has 0 unspecified atom stereocenters. The number of nitrogens with one attached hydrogen (secondary N) is 2. The van der Waals surface area contributed by atoms with Crippen molar-refractivity contribution >= 4 is 40.9 Å². The summed E-state index contributed by atoms with van der Waals surface area (Å²) in [4.78, 5) is 24.4. The van der Waals surface area contributed by atoms with Gasteiger partial charge in [0.2, 0.25) is 11.8 Å². The van der Waals surface area contributed by atoms with Gasteiger partial charge in [-0.1, -0.05) is 53.2 Å². The Morgan fingerprint density at radius 2 is 1.93 bits per heavy atom. The largest absolute Gasteiger partial charge is 0.325 e. The number of aryl methyl sites for hydroxylation is 1. The van der Waals surface area contributed by atoms with Crippen molar-refractivity contribution in [3.05, 3.63) is 75.3 Å². The number of amides is 2. The van der Waals surface area contributed by atoms with E-state index in [1.165, 1.54) is 0 Å². The number of carbonyl (C=O) groups excluding carboxylic acids is 2. The summed E-state index contributed by atoms with van der Waals surface area (Å²) in [7, 11) is 0. The number of thioether (sulfide) groups is 1. The Bertz CT molecular complexity index is 963. The molecule has 1 aliphatic rings. The topological polar surface area (TPSA) is 82.0 Å². The molecule has 0 bridgehead atoms. The number of rotatable bonds is 5. The standard InChI is InChI=1S/C21H18ClN3O2S/c1-13-2-8-16(9-3-13)24-20(27)12-28-21-18(11-23)17(10-19(26)25-21)14-4-6-15(22)7-5-14/h2-9,17H,10,12H2,1H3,(H,24,27)(H,25,26)/t17-/m1/s1. The molecule has 2 aromatic carbocycles. The fourth-order valence-electron chi connectivity index (χ4n) is 2.88. The van der Waals surface area contributed by atoms with Gasteiger partial charge in [0.25, 0.3) is 0 Å². The molecule has 2 N–H and O–H groups in total. The van der Waals surface area contributed by atoms with Crippen molar-refractivity contribution in [3.8, 4) is 6.07 Å². The van der Waals surface area contributed by atoms with E-state index in [9.17, 15) is 14.9 Å². The molecular weight excluding hydrogens is 394 g/mol. The van der Waals surface area contributed by atoms with Crippen molar-refractivity contribution in [2.24, 2.45) is 0 Å². The minimum atomic E-state index is -0.348. The molecule has 7 heteroatoms. The number of hydrogen-bond donors (Lipinski definition) is 2. The van der Waals surface area contributed by atoms with Gasteiger partial charge in [-0.2, -0.15) is 5.26 Å². The summed E-state index contributed by atoms with van der Waals surface area (Å²) < 4.78 is 0. The highest BCUT2D eigenvalue weighted by molar-refractivity contribution is 8.03. The Kier molecular flexibility index (Phi) is 6.40. The number of allylic oxidation sites excluding steroid dienone is 1. The molecule has 0 fully saturated rings. The van der Waals surface area contributed by atoms with E-state index in [2.05, 4.69) is 16.7 Å². The highest BCUT2D eigenvalue weighted by Crippen LogP contribution is 2.36. The zero-order chi connectivity index (χ0) is 20.1. The van der Waals surface area contributed by atoms with Crippen LogP contribution in [0.4, 0.5) is 5.69 Å². The molecule has 1 atom stereocenters. The van der Waals surface area contributed by atoms with Gasteiger partial charge in [0.15, 0.2) is 0 Å². The van der Waals surface area contributed by atoms with Crippen molar-refractivity contribution in [2.75, 3.05) is 11.1 Å². The summed E-state index contributed by atoms with van der Waals surface area (Å²) in [5, 5.41) is 16.2. The quantitative estimate of drug-likeness (QED) is 0.765. The molecule has 1 aliphatic heterocycles. The lowest BCUT2D eigenvalue weighted by atomic mass is 9.87. The second kappa shape index (κ2) is 8.96. The number of nitrogens with zero attached hydrogens (tertiary/aromatic N) is 1. The van der Waals surface area contributed by atoms with Gasteiger partial charge in [-0.15, -0.1) is 0 Å². The molecule has 28 heavy (non-hydrogen) atoms. The number of nitriles is 1. The van der Waals surface area contributed by atoms with Crippen LogP contribution >= 0.6 is 23.4 Å². The Morgan fingerprint density at radius 3 is 2.57 bits per heavy atom. The van der Waals surface area contributed by atoms with Crippen LogP contribution in [0, 0.1) is 18.3 Å². The van der Waals surface area contributed by atoms with E-state index in [-0.39, 0.29) is 29.9 Å².